The molecule has 2 aliphatic heterocycles. The van der Waals surface area contributed by atoms with Gasteiger partial charge >= 0.3 is 6.03 Å². The van der Waals surface area contributed by atoms with Crippen molar-refractivity contribution in [3.05, 3.63) is 42.0 Å². The van der Waals surface area contributed by atoms with E-state index in [-0.39, 0.29) is 18.6 Å². The van der Waals surface area contributed by atoms with Crippen molar-refractivity contribution in [3.8, 4) is 0 Å². The summed E-state index contributed by atoms with van der Waals surface area (Å²) in [6.07, 6.45) is 5.23. The fourth-order valence-corrected chi connectivity index (χ4v) is 2.97. The average Bonchev–Trinajstić information content (AvgIpc) is 3.24. The number of anilines is 1. The maximum absolute atomic E-state index is 12.1. The molecule has 2 aliphatic rings. The van der Waals surface area contributed by atoms with Crippen LogP contribution in [0.3, 0.4) is 0 Å². The van der Waals surface area contributed by atoms with Crippen molar-refractivity contribution in [2.75, 3.05) is 37.7 Å². The molecule has 1 atom stereocenters. The number of carbonyl (C=O) groups is 1. The van der Waals surface area contributed by atoms with Gasteiger partial charge < -0.3 is 20.2 Å². The zero-order chi connectivity index (χ0) is 15.4. The highest BCUT2D eigenvalue weighted by atomic mass is 16.3. The number of rotatable bonds is 4. The van der Waals surface area contributed by atoms with E-state index < -0.39 is 0 Å². The van der Waals surface area contributed by atoms with Crippen LogP contribution < -0.4 is 10.2 Å². The standard InChI is InChI=1S/C17H23N3O2/c21-13-15-7-10-20(12-15)17(22)18-11-14-3-5-16(6-4-14)19-8-1-2-9-19/h1-6,15,21H,7-13H2,(H,18,22). The van der Waals surface area contributed by atoms with Crippen molar-refractivity contribution in [2.24, 2.45) is 5.92 Å². The summed E-state index contributed by atoms with van der Waals surface area (Å²) in [6, 6.07) is 8.30. The minimum absolute atomic E-state index is 0.0382. The molecule has 2 heterocycles. The number of nitrogens with zero attached hydrogens (tertiary/aromatic N) is 2. The quantitative estimate of drug-likeness (QED) is 0.830. The number of aliphatic hydroxyl groups is 1. The molecule has 118 valence electrons. The smallest absolute Gasteiger partial charge is 0.317 e. The van der Waals surface area contributed by atoms with Crippen molar-refractivity contribution in [2.45, 2.75) is 13.0 Å². The molecule has 2 N–H and O–H groups in total. The van der Waals surface area contributed by atoms with Gasteiger partial charge in [0.2, 0.25) is 0 Å². The highest BCUT2D eigenvalue weighted by Crippen LogP contribution is 2.18. The van der Waals surface area contributed by atoms with Crippen molar-refractivity contribution >= 4 is 11.7 Å². The first-order valence-electron chi connectivity index (χ1n) is 7.89. The molecule has 0 aromatic heterocycles. The Hall–Kier alpha value is -2.01. The van der Waals surface area contributed by atoms with Crippen LogP contribution in [-0.2, 0) is 6.54 Å². The summed E-state index contributed by atoms with van der Waals surface area (Å²) >= 11 is 0. The second-order valence-electron chi connectivity index (χ2n) is 5.98. The molecule has 5 heteroatoms. The lowest BCUT2D eigenvalue weighted by atomic mass is 10.1. The summed E-state index contributed by atoms with van der Waals surface area (Å²) < 4.78 is 0. The van der Waals surface area contributed by atoms with Crippen LogP contribution in [0.15, 0.2) is 36.4 Å². The number of hydrogen-bond donors (Lipinski definition) is 2. The van der Waals surface area contributed by atoms with Crippen LogP contribution in [0.2, 0.25) is 0 Å². The molecule has 0 saturated carbocycles. The zero-order valence-corrected chi connectivity index (χ0v) is 12.7. The van der Waals surface area contributed by atoms with Gasteiger partial charge in [-0.25, -0.2) is 4.79 Å². The van der Waals surface area contributed by atoms with E-state index in [1.807, 2.05) is 0 Å². The van der Waals surface area contributed by atoms with E-state index in [2.05, 4.69) is 46.6 Å². The Morgan fingerprint density at radius 1 is 1.23 bits per heavy atom. The van der Waals surface area contributed by atoms with E-state index in [4.69, 9.17) is 5.11 Å². The van der Waals surface area contributed by atoms with Gasteiger partial charge in [0, 0.05) is 50.9 Å². The molecular weight excluding hydrogens is 278 g/mol. The lowest BCUT2D eigenvalue weighted by molar-refractivity contribution is 0.198. The van der Waals surface area contributed by atoms with Gasteiger partial charge in [-0.15, -0.1) is 0 Å². The number of hydrogen-bond acceptors (Lipinski definition) is 3. The third kappa shape index (κ3) is 3.42. The maximum atomic E-state index is 12.1. The molecule has 1 aromatic carbocycles. The van der Waals surface area contributed by atoms with Crippen LogP contribution >= 0.6 is 0 Å². The van der Waals surface area contributed by atoms with Crippen LogP contribution in [0.1, 0.15) is 12.0 Å². The number of aliphatic hydroxyl groups excluding tert-OH is 1. The van der Waals surface area contributed by atoms with E-state index >= 15 is 0 Å². The topological polar surface area (TPSA) is 55.8 Å². The fourth-order valence-electron chi connectivity index (χ4n) is 2.97. The minimum atomic E-state index is -0.0382. The van der Waals surface area contributed by atoms with E-state index in [1.54, 1.807) is 4.90 Å². The van der Waals surface area contributed by atoms with E-state index in [0.29, 0.717) is 13.1 Å². The van der Waals surface area contributed by atoms with Gasteiger partial charge in [0.05, 0.1) is 0 Å². The van der Waals surface area contributed by atoms with E-state index in [0.717, 1.165) is 31.6 Å². The summed E-state index contributed by atoms with van der Waals surface area (Å²) in [7, 11) is 0. The molecule has 22 heavy (non-hydrogen) atoms. The summed E-state index contributed by atoms with van der Waals surface area (Å²) in [6.45, 7) is 4.03. The summed E-state index contributed by atoms with van der Waals surface area (Å²) in [4.78, 5) is 16.1. The monoisotopic (exact) mass is 301 g/mol. The molecule has 1 unspecified atom stereocenters. The summed E-state index contributed by atoms with van der Waals surface area (Å²) in [5, 5.41) is 12.1. The third-order valence-corrected chi connectivity index (χ3v) is 4.39. The van der Waals surface area contributed by atoms with Gasteiger partial charge in [0.1, 0.15) is 0 Å². The Morgan fingerprint density at radius 3 is 2.59 bits per heavy atom. The third-order valence-electron chi connectivity index (χ3n) is 4.39. The van der Waals surface area contributed by atoms with Gasteiger partial charge in [0.25, 0.3) is 0 Å². The number of nitrogens with one attached hydrogen (secondary N) is 1. The summed E-state index contributed by atoms with van der Waals surface area (Å²) in [5.74, 6) is 0.235. The lowest BCUT2D eigenvalue weighted by Crippen LogP contribution is -2.38. The zero-order valence-electron chi connectivity index (χ0n) is 12.7. The Morgan fingerprint density at radius 2 is 1.95 bits per heavy atom. The maximum Gasteiger partial charge on any atom is 0.317 e. The molecule has 1 aromatic rings. The van der Waals surface area contributed by atoms with Gasteiger partial charge in [-0.2, -0.15) is 0 Å². The number of carbonyl (C=O) groups excluding carboxylic acids is 1. The fraction of sp³-hybridized carbons (Fsp3) is 0.471. The molecule has 0 radical (unpaired) electrons. The number of amides is 2. The van der Waals surface area contributed by atoms with Gasteiger partial charge in [-0.1, -0.05) is 24.3 Å². The second kappa shape index (κ2) is 6.83. The molecule has 1 fully saturated rings. The lowest BCUT2D eigenvalue weighted by Gasteiger charge is -2.19. The Bertz CT molecular complexity index is 533. The first-order chi connectivity index (χ1) is 10.8. The van der Waals surface area contributed by atoms with E-state index in [9.17, 15) is 4.79 Å². The first-order valence-corrected chi connectivity index (χ1v) is 7.89. The van der Waals surface area contributed by atoms with Gasteiger partial charge in [-0.3, -0.25) is 0 Å². The van der Waals surface area contributed by atoms with Crippen molar-refractivity contribution < 1.29 is 9.90 Å². The van der Waals surface area contributed by atoms with Crippen molar-refractivity contribution in [3.63, 3.8) is 0 Å². The normalized spacial score (nSPS) is 20.7. The highest BCUT2D eigenvalue weighted by molar-refractivity contribution is 5.74. The predicted molar refractivity (Wildman–Crippen MR) is 86.8 cm³/mol. The molecule has 0 bridgehead atoms. The van der Waals surface area contributed by atoms with Crippen LogP contribution in [-0.4, -0.2) is 48.8 Å². The van der Waals surface area contributed by atoms with Gasteiger partial charge in [-0.05, 0) is 24.1 Å². The molecular formula is C17H23N3O2. The first kappa shape index (κ1) is 14.9. The predicted octanol–water partition coefficient (Wildman–Crippen LogP) is 1.59. The van der Waals surface area contributed by atoms with Crippen LogP contribution in [0.5, 0.6) is 0 Å². The van der Waals surface area contributed by atoms with Crippen molar-refractivity contribution in [1.82, 2.24) is 10.2 Å². The molecule has 3 rings (SSSR count). The molecule has 5 nitrogen and oxygen atoms in total. The van der Waals surface area contributed by atoms with Gasteiger partial charge in [0.15, 0.2) is 0 Å². The Labute approximate surface area is 131 Å². The molecule has 2 amide bonds. The average molecular weight is 301 g/mol. The number of urea groups is 1. The Kier molecular flexibility index (Phi) is 4.63. The van der Waals surface area contributed by atoms with Crippen molar-refractivity contribution in [1.29, 1.82) is 0 Å². The Balaban J connectivity index is 1.48. The number of likely N-dealkylation sites (tertiary alicyclic amines) is 1. The SMILES string of the molecule is O=C(NCc1ccc(N2CC=CC2)cc1)N1CCC(CO)C1. The van der Waals surface area contributed by atoms with Crippen LogP contribution in [0, 0.1) is 5.92 Å². The molecule has 1 saturated heterocycles. The molecule has 0 aliphatic carbocycles. The second-order valence-corrected chi connectivity index (χ2v) is 5.98. The largest absolute Gasteiger partial charge is 0.396 e. The molecule has 0 spiro atoms. The van der Waals surface area contributed by atoms with Crippen LogP contribution in [0.4, 0.5) is 10.5 Å². The van der Waals surface area contributed by atoms with Crippen LogP contribution in [0.25, 0.3) is 0 Å². The highest BCUT2D eigenvalue weighted by Gasteiger charge is 2.25. The number of benzene rings is 1. The minimum Gasteiger partial charge on any atom is -0.396 e. The van der Waals surface area contributed by atoms with E-state index in [1.165, 1.54) is 5.69 Å². The summed E-state index contributed by atoms with van der Waals surface area (Å²) in [5.41, 5.74) is 2.31.